The molecule has 1 aliphatic rings. The Morgan fingerprint density at radius 3 is 2.26 bits per heavy atom. The van der Waals surface area contributed by atoms with Crippen molar-refractivity contribution in [2.75, 3.05) is 11.6 Å². The second kappa shape index (κ2) is 11.4. The van der Waals surface area contributed by atoms with Crippen molar-refractivity contribution in [3.8, 4) is 6.07 Å². The first kappa shape index (κ1) is 29.5. The summed E-state index contributed by atoms with van der Waals surface area (Å²) >= 11 is 0. The SMILES string of the molecule is CC(=O)N(Cc1cc(C(F)(F)F)cc(C(F)(F)F)c1)C1CCCN(OC(=O)OC(C)C)c2ccc(C#N)nc21. The summed E-state index contributed by atoms with van der Waals surface area (Å²) in [5, 5.41) is 10.5. The van der Waals surface area contributed by atoms with Crippen LogP contribution in [0.2, 0.25) is 0 Å². The summed E-state index contributed by atoms with van der Waals surface area (Å²) in [6.07, 6.45) is -11.2. The third kappa shape index (κ3) is 7.30. The number of nitrogens with zero attached hydrogens (tertiary/aromatic N) is 4. The average molecular weight is 558 g/mol. The molecule has 2 heterocycles. The topological polar surface area (TPSA) is 95.8 Å². The molecular weight excluding hydrogens is 534 g/mol. The van der Waals surface area contributed by atoms with E-state index >= 15 is 0 Å². The minimum absolute atomic E-state index is 0.00869. The van der Waals surface area contributed by atoms with Crippen LogP contribution in [0.1, 0.15) is 67.7 Å². The van der Waals surface area contributed by atoms with Crippen LogP contribution in [-0.4, -0.2) is 34.6 Å². The number of amides is 1. The molecular formula is C25H24F6N4O4. The first-order valence-corrected chi connectivity index (χ1v) is 11.7. The van der Waals surface area contributed by atoms with Crippen LogP contribution in [0.4, 0.5) is 36.8 Å². The van der Waals surface area contributed by atoms with Crippen LogP contribution in [0.3, 0.4) is 0 Å². The zero-order valence-corrected chi connectivity index (χ0v) is 21.1. The van der Waals surface area contributed by atoms with Gasteiger partial charge in [0.25, 0.3) is 0 Å². The Kier molecular flexibility index (Phi) is 8.62. The largest absolute Gasteiger partial charge is 0.533 e. The predicted molar refractivity (Wildman–Crippen MR) is 124 cm³/mol. The molecule has 0 bridgehead atoms. The molecule has 2 aromatic rings. The van der Waals surface area contributed by atoms with Gasteiger partial charge in [-0.25, -0.2) is 14.8 Å². The molecule has 1 unspecified atom stereocenters. The number of nitriles is 1. The van der Waals surface area contributed by atoms with E-state index in [4.69, 9.17) is 9.57 Å². The number of alkyl halides is 6. The minimum Gasteiger partial charge on any atom is -0.430 e. The first-order valence-electron chi connectivity index (χ1n) is 11.7. The van der Waals surface area contributed by atoms with Crippen molar-refractivity contribution in [1.29, 1.82) is 5.26 Å². The minimum atomic E-state index is -5.06. The average Bonchev–Trinajstić information content (AvgIpc) is 2.99. The van der Waals surface area contributed by atoms with Crippen molar-refractivity contribution >= 4 is 17.7 Å². The van der Waals surface area contributed by atoms with Gasteiger partial charge < -0.3 is 14.5 Å². The Labute approximate surface area is 219 Å². The Bertz CT molecular complexity index is 1240. The number of hydrogen-bond donors (Lipinski definition) is 0. The molecule has 0 N–H and O–H groups in total. The van der Waals surface area contributed by atoms with Crippen molar-refractivity contribution in [3.05, 3.63) is 58.4 Å². The summed E-state index contributed by atoms with van der Waals surface area (Å²) in [6.45, 7) is 3.83. The summed E-state index contributed by atoms with van der Waals surface area (Å²) in [6, 6.07) is 4.76. The van der Waals surface area contributed by atoms with E-state index in [1.165, 1.54) is 17.2 Å². The molecule has 1 aromatic heterocycles. The lowest BCUT2D eigenvalue weighted by molar-refractivity contribution is -0.143. The molecule has 0 fully saturated rings. The number of carbonyl (C=O) groups is 2. The van der Waals surface area contributed by atoms with Crippen LogP contribution in [0.15, 0.2) is 30.3 Å². The van der Waals surface area contributed by atoms with E-state index in [9.17, 15) is 41.2 Å². The Balaban J connectivity index is 2.07. The van der Waals surface area contributed by atoms with Crippen LogP contribution in [-0.2, 0) is 33.3 Å². The van der Waals surface area contributed by atoms with Crippen molar-refractivity contribution < 1.29 is 45.5 Å². The highest BCUT2D eigenvalue weighted by Gasteiger charge is 2.38. The van der Waals surface area contributed by atoms with Crippen molar-refractivity contribution in [3.63, 3.8) is 0 Å². The Morgan fingerprint density at radius 2 is 1.74 bits per heavy atom. The van der Waals surface area contributed by atoms with Crippen molar-refractivity contribution in [2.24, 2.45) is 0 Å². The summed E-state index contributed by atoms with van der Waals surface area (Å²) in [7, 11) is 0. The maximum atomic E-state index is 13.4. The highest BCUT2D eigenvalue weighted by molar-refractivity contribution is 5.74. The molecule has 0 saturated heterocycles. The molecule has 1 atom stereocenters. The van der Waals surface area contributed by atoms with Crippen LogP contribution < -0.4 is 5.06 Å². The van der Waals surface area contributed by atoms with Gasteiger partial charge in [-0.2, -0.15) is 31.6 Å². The molecule has 0 saturated carbocycles. The molecule has 39 heavy (non-hydrogen) atoms. The monoisotopic (exact) mass is 558 g/mol. The number of aromatic nitrogens is 1. The molecule has 3 rings (SSSR count). The van der Waals surface area contributed by atoms with Crippen LogP contribution >= 0.6 is 0 Å². The second-order valence-corrected chi connectivity index (χ2v) is 9.04. The second-order valence-electron chi connectivity index (χ2n) is 9.04. The molecule has 1 aliphatic heterocycles. The van der Waals surface area contributed by atoms with E-state index in [0.29, 0.717) is 12.1 Å². The van der Waals surface area contributed by atoms with Gasteiger partial charge in [-0.15, -0.1) is 0 Å². The van der Waals surface area contributed by atoms with E-state index in [0.717, 1.165) is 11.8 Å². The molecule has 8 nitrogen and oxygen atoms in total. The highest BCUT2D eigenvalue weighted by Crippen LogP contribution is 2.39. The van der Waals surface area contributed by atoms with E-state index in [-0.39, 0.29) is 42.5 Å². The fraction of sp³-hybridized carbons (Fsp3) is 0.440. The van der Waals surface area contributed by atoms with Gasteiger partial charge in [-0.05, 0) is 62.6 Å². The zero-order valence-electron chi connectivity index (χ0n) is 21.1. The number of fused-ring (bicyclic) bond motifs is 1. The predicted octanol–water partition coefficient (Wildman–Crippen LogP) is 6.16. The number of benzene rings is 1. The highest BCUT2D eigenvalue weighted by atomic mass is 19.4. The smallest absolute Gasteiger partial charge is 0.430 e. The van der Waals surface area contributed by atoms with Crippen LogP contribution in [0.5, 0.6) is 0 Å². The van der Waals surface area contributed by atoms with Crippen LogP contribution in [0.25, 0.3) is 0 Å². The number of anilines is 1. The number of hydroxylamine groups is 1. The fourth-order valence-electron chi connectivity index (χ4n) is 4.12. The van der Waals surface area contributed by atoms with Crippen molar-refractivity contribution in [1.82, 2.24) is 9.88 Å². The Hall–Kier alpha value is -4.02. The molecule has 0 aliphatic carbocycles. The third-order valence-electron chi connectivity index (χ3n) is 5.74. The van der Waals surface area contributed by atoms with Crippen LogP contribution in [0, 0.1) is 11.3 Å². The standard InChI is InChI=1S/C25H24F6N4O4/c1-14(2)38-23(37)39-35-8-4-5-20(22-21(35)7-6-19(12-32)33-22)34(15(3)36)13-16-9-17(24(26,27)28)11-18(10-16)25(29,30)31/h6-7,9-11,14,20H,4-5,8,13H2,1-3H3. The van der Waals surface area contributed by atoms with Gasteiger partial charge in [-0.3, -0.25) is 4.79 Å². The molecule has 0 radical (unpaired) electrons. The maximum absolute atomic E-state index is 13.4. The molecule has 1 amide bonds. The first-order chi connectivity index (χ1) is 18.1. The van der Waals surface area contributed by atoms with Gasteiger partial charge in [0.05, 0.1) is 41.2 Å². The van der Waals surface area contributed by atoms with E-state index in [1.807, 2.05) is 6.07 Å². The number of halogens is 6. The van der Waals surface area contributed by atoms with E-state index in [1.54, 1.807) is 13.8 Å². The normalized spacial score (nSPS) is 15.7. The summed E-state index contributed by atoms with van der Waals surface area (Å²) in [4.78, 5) is 35.5. The third-order valence-corrected chi connectivity index (χ3v) is 5.74. The molecule has 14 heteroatoms. The fourth-order valence-corrected chi connectivity index (χ4v) is 4.12. The van der Waals surface area contributed by atoms with Gasteiger partial charge in [0.15, 0.2) is 0 Å². The van der Waals surface area contributed by atoms with Gasteiger partial charge in [-0.1, -0.05) is 0 Å². The summed E-state index contributed by atoms with van der Waals surface area (Å²) in [5.74, 6) is -0.658. The van der Waals surface area contributed by atoms with E-state index < -0.39 is 59.8 Å². The number of pyridine rings is 1. The number of ether oxygens (including phenoxy) is 1. The zero-order chi connectivity index (χ0) is 29.1. The number of carbonyl (C=O) groups excluding carboxylic acids is 2. The summed E-state index contributed by atoms with van der Waals surface area (Å²) in [5.41, 5.74) is -3.21. The molecule has 210 valence electrons. The molecule has 0 spiro atoms. The lowest BCUT2D eigenvalue weighted by Gasteiger charge is -2.31. The van der Waals surface area contributed by atoms with Crippen molar-refractivity contribution in [2.45, 2.75) is 64.7 Å². The summed E-state index contributed by atoms with van der Waals surface area (Å²) < 4.78 is 85.4. The number of hydrogen-bond acceptors (Lipinski definition) is 7. The Morgan fingerprint density at radius 1 is 1.13 bits per heavy atom. The van der Waals surface area contributed by atoms with Gasteiger partial charge in [0.2, 0.25) is 5.91 Å². The quantitative estimate of drug-likeness (QED) is 0.321. The molecule has 1 aromatic carbocycles. The van der Waals surface area contributed by atoms with Gasteiger partial charge >= 0.3 is 18.5 Å². The maximum Gasteiger partial charge on any atom is 0.533 e. The van der Waals surface area contributed by atoms with E-state index in [2.05, 4.69) is 4.98 Å². The van der Waals surface area contributed by atoms with Gasteiger partial charge in [0, 0.05) is 13.5 Å². The lowest BCUT2D eigenvalue weighted by Crippen LogP contribution is -2.34. The van der Waals surface area contributed by atoms with Gasteiger partial charge in [0.1, 0.15) is 11.8 Å². The lowest BCUT2D eigenvalue weighted by atomic mass is 10.0. The number of rotatable bonds is 5.